The summed E-state index contributed by atoms with van der Waals surface area (Å²) in [7, 11) is 0.500. The van der Waals surface area contributed by atoms with Crippen LogP contribution in [0.5, 0.6) is 0 Å². The van der Waals surface area contributed by atoms with Crippen molar-refractivity contribution in [1.82, 2.24) is 0 Å². The molecule has 2 aliphatic rings. The Balaban J connectivity index is -0.000000138. The quantitative estimate of drug-likeness (QED) is 0.323. The Morgan fingerprint density at radius 2 is 1.10 bits per heavy atom. The molecule has 0 aromatic carbocycles. The lowest BCUT2D eigenvalue weighted by molar-refractivity contribution is -0.113. The topological polar surface area (TPSA) is 17.1 Å². The molecule has 1 nitrogen and oxygen atoms in total. The van der Waals surface area contributed by atoms with Crippen LogP contribution in [0.1, 0.15) is 113 Å². The van der Waals surface area contributed by atoms with Crippen LogP contribution < -0.4 is 0 Å². The summed E-state index contributed by atoms with van der Waals surface area (Å²) in [6, 6.07) is 0. The van der Waals surface area contributed by atoms with Gasteiger partial charge in [-0.2, -0.15) is 0 Å². The molecule has 0 atom stereocenters. The van der Waals surface area contributed by atoms with Crippen LogP contribution in [0.2, 0.25) is 0 Å². The molecule has 0 aromatic rings. The average molecular weight is 427 g/mol. The summed E-state index contributed by atoms with van der Waals surface area (Å²) < 4.78 is 9.50. The summed E-state index contributed by atoms with van der Waals surface area (Å²) >= 11 is 0. The molecule has 0 radical (unpaired) electrons. The van der Waals surface area contributed by atoms with Crippen LogP contribution >= 0.6 is 0 Å². The number of allylic oxidation sites excluding steroid dienone is 4. The lowest BCUT2D eigenvalue weighted by atomic mass is 9.87. The molecule has 0 aromatic heterocycles. The van der Waals surface area contributed by atoms with Gasteiger partial charge in [0.1, 0.15) is 6.29 Å². The minimum absolute atomic E-state index is 0.435. The van der Waals surface area contributed by atoms with Gasteiger partial charge in [-0.15, -0.1) is 0 Å². The summed E-state index contributed by atoms with van der Waals surface area (Å²) in [5.74, 6) is 1.32. The smallest absolute Gasteiger partial charge is 0.123 e. The standard InChI is InChI=1S/C6H12.C6H8.C5H8O.2C5H12.CH3F/c1-2-4-6-5-3-1;1-3-5-6-4-2;6-4-5-2-1-3-5;1-5(2,3)4;1-4-5(2)3;1-2/h1-6H2;3-6H,1-2H2;4-5H,1-3H2;1-4H3;5H,4H2,1-3H3;1H3/b;6-5-;;;;. The van der Waals surface area contributed by atoms with Gasteiger partial charge in [-0.25, -0.2) is 0 Å². The Morgan fingerprint density at radius 3 is 1.17 bits per heavy atom. The summed E-state index contributed by atoms with van der Waals surface area (Å²) in [5, 5.41) is 0. The second kappa shape index (κ2) is 30.0. The zero-order valence-corrected chi connectivity index (χ0v) is 21.8. The van der Waals surface area contributed by atoms with Crippen LogP contribution in [0.15, 0.2) is 37.5 Å². The molecular formula is C28H55FO. The van der Waals surface area contributed by atoms with Crippen LogP contribution in [0.3, 0.4) is 0 Å². The van der Waals surface area contributed by atoms with E-state index in [4.69, 9.17) is 0 Å². The maximum Gasteiger partial charge on any atom is 0.123 e. The molecule has 2 fully saturated rings. The van der Waals surface area contributed by atoms with Crippen molar-refractivity contribution in [3.05, 3.63) is 37.5 Å². The summed E-state index contributed by atoms with van der Waals surface area (Å²) in [5.41, 5.74) is 0.500. The summed E-state index contributed by atoms with van der Waals surface area (Å²) in [4.78, 5) is 9.79. The normalized spacial score (nSPS) is 14.9. The van der Waals surface area contributed by atoms with Gasteiger partial charge in [-0.3, -0.25) is 4.39 Å². The van der Waals surface area contributed by atoms with E-state index in [9.17, 15) is 9.18 Å². The Labute approximate surface area is 190 Å². The Kier molecular flexibility index (Phi) is 36.2. The van der Waals surface area contributed by atoms with Crippen LogP contribution in [0.4, 0.5) is 4.39 Å². The molecule has 0 unspecified atom stereocenters. The Hall–Kier alpha value is -1.18. The number of rotatable bonds is 4. The minimum atomic E-state index is 0.435. The molecule has 0 saturated heterocycles. The van der Waals surface area contributed by atoms with Crippen molar-refractivity contribution in [2.45, 2.75) is 113 Å². The average Bonchev–Trinajstić information content (AvgIpc) is 2.68. The fourth-order valence-electron chi connectivity index (χ4n) is 1.79. The van der Waals surface area contributed by atoms with Gasteiger partial charge in [-0.1, -0.05) is 137 Å². The molecule has 2 rings (SSSR count). The first-order valence-corrected chi connectivity index (χ1v) is 11.9. The lowest BCUT2D eigenvalue weighted by Gasteiger charge is -2.17. The molecule has 0 bridgehead atoms. The second-order valence-electron chi connectivity index (χ2n) is 9.61. The molecule has 180 valence electrons. The number of alkyl halides is 1. The van der Waals surface area contributed by atoms with Gasteiger partial charge in [0.05, 0.1) is 7.18 Å². The first-order valence-electron chi connectivity index (χ1n) is 11.9. The molecule has 0 amide bonds. The third-order valence-electron chi connectivity index (χ3n) is 4.04. The van der Waals surface area contributed by atoms with Gasteiger partial charge in [0, 0.05) is 5.92 Å². The zero-order chi connectivity index (χ0) is 24.3. The number of halogens is 1. The van der Waals surface area contributed by atoms with Crippen molar-refractivity contribution in [2.24, 2.45) is 17.3 Å². The van der Waals surface area contributed by atoms with Crippen molar-refractivity contribution < 1.29 is 9.18 Å². The van der Waals surface area contributed by atoms with Gasteiger partial charge < -0.3 is 4.79 Å². The molecular weight excluding hydrogens is 371 g/mol. The van der Waals surface area contributed by atoms with E-state index in [1.165, 1.54) is 51.4 Å². The number of aldehydes is 1. The van der Waals surface area contributed by atoms with Crippen LogP contribution in [0.25, 0.3) is 0 Å². The van der Waals surface area contributed by atoms with E-state index in [2.05, 4.69) is 61.6 Å². The van der Waals surface area contributed by atoms with E-state index >= 15 is 0 Å². The van der Waals surface area contributed by atoms with Crippen molar-refractivity contribution in [2.75, 3.05) is 7.18 Å². The predicted molar refractivity (Wildman–Crippen MR) is 138 cm³/mol. The molecule has 0 N–H and O–H groups in total. The molecule has 2 aliphatic carbocycles. The number of carbonyl (C=O) groups is 1. The van der Waals surface area contributed by atoms with Crippen LogP contribution in [0, 0.1) is 17.3 Å². The van der Waals surface area contributed by atoms with Gasteiger partial charge in [0.15, 0.2) is 0 Å². The predicted octanol–water partition coefficient (Wildman–Crippen LogP) is 9.93. The molecule has 0 aliphatic heterocycles. The minimum Gasteiger partial charge on any atom is -0.303 e. The first kappa shape index (κ1) is 36.2. The van der Waals surface area contributed by atoms with Crippen molar-refractivity contribution in [3.63, 3.8) is 0 Å². The van der Waals surface area contributed by atoms with Gasteiger partial charge in [0.25, 0.3) is 0 Å². The van der Waals surface area contributed by atoms with E-state index in [1.54, 1.807) is 12.2 Å². The molecule has 0 heterocycles. The lowest BCUT2D eigenvalue weighted by Crippen LogP contribution is -2.10. The Morgan fingerprint density at radius 1 is 0.833 bits per heavy atom. The SMILES string of the molecule is C1CCCCC1.C=C/C=C\C=C.CC(C)(C)C.CCC(C)C.CF.O=CC1CCC1. The highest BCUT2D eigenvalue weighted by atomic mass is 19.1. The first-order chi connectivity index (χ1) is 14.1. The molecule has 30 heavy (non-hydrogen) atoms. The number of carbonyl (C=O) groups excluding carboxylic acids is 1. The van der Waals surface area contributed by atoms with E-state index < -0.39 is 0 Å². The maximum atomic E-state index is 9.79. The van der Waals surface area contributed by atoms with Gasteiger partial charge >= 0.3 is 0 Å². The van der Waals surface area contributed by atoms with Gasteiger partial charge in [-0.05, 0) is 24.2 Å². The van der Waals surface area contributed by atoms with Crippen LogP contribution in [-0.2, 0) is 4.79 Å². The van der Waals surface area contributed by atoms with E-state index in [-0.39, 0.29) is 0 Å². The van der Waals surface area contributed by atoms with E-state index in [0.717, 1.165) is 25.0 Å². The largest absolute Gasteiger partial charge is 0.303 e. The number of hydrogen-bond acceptors (Lipinski definition) is 1. The Bertz CT molecular complexity index is 328. The van der Waals surface area contributed by atoms with E-state index in [1.807, 2.05) is 12.2 Å². The third kappa shape index (κ3) is 56.3. The molecule has 2 saturated carbocycles. The fraction of sp³-hybridized carbons (Fsp3) is 0.750. The van der Waals surface area contributed by atoms with Crippen molar-refractivity contribution in [3.8, 4) is 0 Å². The highest BCUT2D eigenvalue weighted by Gasteiger charge is 2.14. The van der Waals surface area contributed by atoms with Crippen molar-refractivity contribution in [1.29, 1.82) is 0 Å². The molecule has 0 spiro atoms. The maximum absolute atomic E-state index is 9.79. The monoisotopic (exact) mass is 426 g/mol. The highest BCUT2D eigenvalue weighted by Crippen LogP contribution is 2.23. The summed E-state index contributed by atoms with van der Waals surface area (Å²) in [6.45, 7) is 22.3. The fourth-order valence-corrected chi connectivity index (χ4v) is 1.79. The van der Waals surface area contributed by atoms with Crippen molar-refractivity contribution >= 4 is 6.29 Å². The van der Waals surface area contributed by atoms with Crippen LogP contribution in [-0.4, -0.2) is 13.5 Å². The highest BCUT2D eigenvalue weighted by molar-refractivity contribution is 5.54. The zero-order valence-electron chi connectivity index (χ0n) is 21.8. The second-order valence-corrected chi connectivity index (χ2v) is 9.61. The van der Waals surface area contributed by atoms with E-state index in [0.29, 0.717) is 18.5 Å². The van der Waals surface area contributed by atoms with Gasteiger partial charge in [0.2, 0.25) is 0 Å². The summed E-state index contributed by atoms with van der Waals surface area (Å²) in [6.07, 6.45) is 22.0. The third-order valence-corrected chi connectivity index (χ3v) is 4.04. The number of hydrogen-bond donors (Lipinski definition) is 0. The molecule has 2 heteroatoms.